The molecule has 1 aromatic heterocycles. The molecule has 3 aliphatic rings. The van der Waals surface area contributed by atoms with E-state index in [0.717, 1.165) is 68.6 Å². The van der Waals surface area contributed by atoms with E-state index in [4.69, 9.17) is 14.7 Å². The first kappa shape index (κ1) is 32.5. The van der Waals surface area contributed by atoms with Crippen LogP contribution in [0.15, 0.2) is 41.3 Å². The molecule has 2 aliphatic heterocycles. The number of sulfone groups is 1. The van der Waals surface area contributed by atoms with Gasteiger partial charge >= 0.3 is 6.18 Å². The number of nitriles is 1. The molecule has 244 valence electrons. The Hall–Kier alpha value is -3.49. The van der Waals surface area contributed by atoms with E-state index < -0.39 is 22.4 Å². The molecule has 1 saturated carbocycles. The molecule has 46 heavy (non-hydrogen) atoms. The van der Waals surface area contributed by atoms with Gasteiger partial charge in [0.1, 0.15) is 11.8 Å². The number of likely N-dealkylation sites (tertiary alicyclic amines) is 1. The zero-order valence-corrected chi connectivity index (χ0v) is 27.0. The van der Waals surface area contributed by atoms with Crippen molar-refractivity contribution in [2.24, 2.45) is 5.41 Å². The van der Waals surface area contributed by atoms with Crippen LogP contribution < -0.4 is 15.4 Å². The molecule has 3 aromatic rings. The SMILES string of the molecule is CS(=O)(=O)c1ccc(NCC#Cc2sc3c(NC4CCC(N5CC6(COC6)C5)CC4)cccc3c2CC(F)(F)F)c(OCC#N)c1. The van der Waals surface area contributed by atoms with Gasteiger partial charge in [-0.25, -0.2) is 8.42 Å². The number of hydrogen-bond acceptors (Lipinski definition) is 9. The predicted molar refractivity (Wildman–Crippen MR) is 172 cm³/mol. The first-order valence-corrected chi connectivity index (χ1v) is 17.9. The molecule has 2 N–H and O–H groups in total. The van der Waals surface area contributed by atoms with Gasteiger partial charge in [0.2, 0.25) is 0 Å². The molecule has 2 saturated heterocycles. The number of nitrogens with one attached hydrogen (secondary N) is 2. The molecule has 0 amide bonds. The Labute approximate surface area is 270 Å². The molecule has 3 heterocycles. The first-order valence-electron chi connectivity index (χ1n) is 15.2. The highest BCUT2D eigenvalue weighted by atomic mass is 32.2. The summed E-state index contributed by atoms with van der Waals surface area (Å²) < 4.78 is 76.6. The average molecular weight is 673 g/mol. The summed E-state index contributed by atoms with van der Waals surface area (Å²) in [6.07, 6.45) is -0.216. The van der Waals surface area contributed by atoms with Gasteiger partial charge in [0.15, 0.2) is 16.4 Å². The molecule has 0 bridgehead atoms. The van der Waals surface area contributed by atoms with Crippen LogP contribution in [0.3, 0.4) is 0 Å². The Morgan fingerprint density at radius 3 is 2.54 bits per heavy atom. The van der Waals surface area contributed by atoms with E-state index in [9.17, 15) is 21.6 Å². The number of hydrogen-bond donors (Lipinski definition) is 2. The van der Waals surface area contributed by atoms with Gasteiger partial charge in [-0.2, -0.15) is 18.4 Å². The van der Waals surface area contributed by atoms with Crippen molar-refractivity contribution in [3.05, 3.63) is 46.8 Å². The lowest BCUT2D eigenvalue weighted by molar-refractivity contribution is -0.200. The van der Waals surface area contributed by atoms with Crippen molar-refractivity contribution in [3.8, 4) is 23.7 Å². The minimum absolute atomic E-state index is 0.0325. The van der Waals surface area contributed by atoms with Crippen molar-refractivity contribution in [1.29, 1.82) is 5.26 Å². The molecular formula is C33H35F3N4O4S2. The van der Waals surface area contributed by atoms with Crippen molar-refractivity contribution in [2.75, 3.05) is 56.3 Å². The molecule has 8 nitrogen and oxygen atoms in total. The van der Waals surface area contributed by atoms with Gasteiger partial charge in [0.25, 0.3) is 0 Å². The van der Waals surface area contributed by atoms with E-state index in [0.29, 0.717) is 27.4 Å². The lowest BCUT2D eigenvalue weighted by atomic mass is 9.75. The van der Waals surface area contributed by atoms with Gasteiger partial charge < -0.3 is 20.1 Å². The van der Waals surface area contributed by atoms with E-state index in [2.05, 4.69) is 27.4 Å². The molecular weight excluding hydrogens is 638 g/mol. The second kappa shape index (κ2) is 13.0. The van der Waals surface area contributed by atoms with Crippen LogP contribution >= 0.6 is 11.3 Å². The topological polar surface area (TPSA) is 104 Å². The van der Waals surface area contributed by atoms with E-state index in [-0.39, 0.29) is 35.4 Å². The smallest absolute Gasteiger partial charge is 0.393 e. The third-order valence-corrected chi connectivity index (χ3v) is 11.2. The van der Waals surface area contributed by atoms with E-state index >= 15 is 0 Å². The number of alkyl halides is 3. The maximum Gasteiger partial charge on any atom is 0.393 e. The minimum Gasteiger partial charge on any atom is -0.477 e. The molecule has 2 aromatic carbocycles. The van der Waals surface area contributed by atoms with E-state index in [1.54, 1.807) is 12.1 Å². The lowest BCUT2D eigenvalue weighted by Gasteiger charge is -2.58. The minimum atomic E-state index is -4.40. The number of rotatable bonds is 9. The van der Waals surface area contributed by atoms with Crippen molar-refractivity contribution in [3.63, 3.8) is 0 Å². The quantitative estimate of drug-likeness (QED) is 0.274. The fourth-order valence-electron chi connectivity index (χ4n) is 6.59. The van der Waals surface area contributed by atoms with Crippen LogP contribution in [-0.4, -0.2) is 77.3 Å². The van der Waals surface area contributed by atoms with Crippen LogP contribution in [0.4, 0.5) is 24.5 Å². The third-order valence-electron chi connectivity index (χ3n) is 8.90. The van der Waals surface area contributed by atoms with Crippen LogP contribution in [0.1, 0.15) is 36.1 Å². The molecule has 13 heteroatoms. The Morgan fingerprint density at radius 2 is 1.89 bits per heavy atom. The third kappa shape index (κ3) is 7.23. The van der Waals surface area contributed by atoms with Gasteiger partial charge in [-0.3, -0.25) is 4.90 Å². The molecule has 0 unspecified atom stereocenters. The summed E-state index contributed by atoms with van der Waals surface area (Å²) in [6, 6.07) is 12.4. The highest BCUT2D eigenvalue weighted by Crippen LogP contribution is 2.43. The van der Waals surface area contributed by atoms with Gasteiger partial charge in [-0.1, -0.05) is 24.0 Å². The standard InChI is InChI=1S/C33H35F3N4O4S2/c1-46(41,42)24-11-12-27(29(16-24)44-15-13-37)38-14-3-6-30-26(17-33(34,35)36)25-4-2-5-28(31(25)45-30)39-22-7-9-23(10-8-22)40-18-32(19-40)20-43-21-32/h2,4-5,11-12,16,22-23,38-39H,7-10,14-15,17-21H2,1H3. The molecule has 3 fully saturated rings. The van der Waals surface area contributed by atoms with Crippen molar-refractivity contribution in [1.82, 2.24) is 4.90 Å². The maximum absolute atomic E-state index is 13.7. The fraction of sp³-hybridized carbons (Fsp3) is 0.485. The Morgan fingerprint density at radius 1 is 1.13 bits per heavy atom. The summed E-state index contributed by atoms with van der Waals surface area (Å²) in [6.45, 7) is 3.77. The second-order valence-corrected chi connectivity index (χ2v) is 15.5. The van der Waals surface area contributed by atoms with Gasteiger partial charge in [0, 0.05) is 42.9 Å². The van der Waals surface area contributed by atoms with Crippen molar-refractivity contribution in [2.45, 2.75) is 55.3 Å². The summed E-state index contributed by atoms with van der Waals surface area (Å²) >= 11 is 1.26. The molecule has 0 atom stereocenters. The van der Waals surface area contributed by atoms with Crippen LogP contribution in [-0.2, 0) is 21.0 Å². The van der Waals surface area contributed by atoms with Gasteiger partial charge in [0.05, 0.1) is 52.0 Å². The predicted octanol–water partition coefficient (Wildman–Crippen LogP) is 5.83. The lowest BCUT2D eigenvalue weighted by Crippen LogP contribution is -2.68. The largest absolute Gasteiger partial charge is 0.477 e. The number of thiophene rings is 1. The number of fused-ring (bicyclic) bond motifs is 1. The highest BCUT2D eigenvalue weighted by Gasteiger charge is 2.50. The summed E-state index contributed by atoms with van der Waals surface area (Å²) in [5.41, 5.74) is 1.81. The number of ether oxygens (including phenoxy) is 2. The van der Waals surface area contributed by atoms with Gasteiger partial charge in [-0.15, -0.1) is 11.3 Å². The monoisotopic (exact) mass is 672 g/mol. The normalized spacial score (nSPS) is 21.0. The zero-order chi connectivity index (χ0) is 32.5. The summed E-state index contributed by atoms with van der Waals surface area (Å²) in [5, 5.41) is 16.1. The number of benzene rings is 2. The highest BCUT2D eigenvalue weighted by molar-refractivity contribution is 7.90. The van der Waals surface area contributed by atoms with Crippen LogP contribution in [0.2, 0.25) is 0 Å². The van der Waals surface area contributed by atoms with E-state index in [1.165, 1.54) is 29.5 Å². The fourth-order valence-corrected chi connectivity index (χ4v) is 8.39. The van der Waals surface area contributed by atoms with Crippen LogP contribution in [0.5, 0.6) is 5.75 Å². The summed E-state index contributed by atoms with van der Waals surface area (Å²) in [4.78, 5) is 2.96. The second-order valence-electron chi connectivity index (χ2n) is 12.5. The molecule has 1 aliphatic carbocycles. The van der Waals surface area contributed by atoms with Crippen molar-refractivity contribution < 1.29 is 31.1 Å². The summed E-state index contributed by atoms with van der Waals surface area (Å²) in [5.74, 6) is 6.03. The number of halogens is 3. The molecule has 0 radical (unpaired) electrons. The molecule has 6 rings (SSSR count). The van der Waals surface area contributed by atoms with Gasteiger partial charge in [-0.05, 0) is 54.8 Å². The molecule has 1 spiro atoms. The number of nitrogens with zero attached hydrogens (tertiary/aromatic N) is 2. The van der Waals surface area contributed by atoms with Crippen LogP contribution in [0.25, 0.3) is 10.1 Å². The summed E-state index contributed by atoms with van der Waals surface area (Å²) in [7, 11) is -3.50. The maximum atomic E-state index is 13.7. The van der Waals surface area contributed by atoms with Crippen molar-refractivity contribution >= 4 is 42.6 Å². The van der Waals surface area contributed by atoms with Crippen LogP contribution in [0, 0.1) is 28.6 Å². The van der Waals surface area contributed by atoms with E-state index in [1.807, 2.05) is 12.1 Å². The Kier molecular flexibility index (Phi) is 9.14. The number of anilines is 2. The Balaban J connectivity index is 1.16. The zero-order valence-electron chi connectivity index (χ0n) is 25.4. The first-order chi connectivity index (χ1) is 21.9. The Bertz CT molecular complexity index is 1800. The average Bonchev–Trinajstić information content (AvgIpc) is 3.30.